The van der Waals surface area contributed by atoms with Gasteiger partial charge in [0.2, 0.25) is 5.91 Å². The Kier molecular flexibility index (Phi) is 7.00. The maximum atomic E-state index is 13.2. The summed E-state index contributed by atoms with van der Waals surface area (Å²) in [5.74, 6) is -0.548. The van der Waals surface area contributed by atoms with Crippen LogP contribution in [0.5, 0.6) is 0 Å². The molecule has 34 heavy (non-hydrogen) atoms. The van der Waals surface area contributed by atoms with Crippen LogP contribution in [0.4, 0.5) is 5.82 Å². The van der Waals surface area contributed by atoms with Crippen LogP contribution < -0.4 is 11.1 Å². The molecule has 1 aliphatic rings. The van der Waals surface area contributed by atoms with Gasteiger partial charge in [-0.3, -0.25) is 14.4 Å². The Morgan fingerprint density at radius 3 is 2.50 bits per heavy atom. The van der Waals surface area contributed by atoms with Crippen molar-refractivity contribution in [3.8, 4) is 11.3 Å². The number of aryl methyl sites for hydroxylation is 1. The molecule has 2 unspecified atom stereocenters. The van der Waals surface area contributed by atoms with Crippen molar-refractivity contribution in [3.63, 3.8) is 0 Å². The SMILES string of the molecule is CNc1nc(-c2ccc3c(c2)C(C)N(C(CCC(=O)OC(C)(C)C)C(N)=O)C3=O)cc(C)c1C. The number of anilines is 1. The highest BCUT2D eigenvalue weighted by Gasteiger charge is 2.41. The number of nitrogens with two attached hydrogens (primary N) is 1. The summed E-state index contributed by atoms with van der Waals surface area (Å²) in [5.41, 5.74) is 10.2. The molecule has 0 saturated carbocycles. The van der Waals surface area contributed by atoms with Crippen LogP contribution >= 0.6 is 0 Å². The standard InChI is InChI=1S/C26H34N4O4/c1-14-12-20(29-24(28-7)15(14)2)17-8-9-18-19(13-17)16(3)30(25(18)33)21(23(27)32)10-11-22(31)34-26(4,5)6/h8-9,12-13,16,21H,10-11H2,1-7H3,(H2,27,32)(H,28,29). The molecule has 3 rings (SSSR count). The predicted molar refractivity (Wildman–Crippen MR) is 131 cm³/mol. The van der Waals surface area contributed by atoms with E-state index in [1.807, 2.05) is 46.0 Å². The second-order valence-electron chi connectivity index (χ2n) is 9.78. The first-order valence-corrected chi connectivity index (χ1v) is 11.5. The van der Waals surface area contributed by atoms with Gasteiger partial charge in [0.05, 0.1) is 11.7 Å². The van der Waals surface area contributed by atoms with Crippen LogP contribution in [-0.2, 0) is 14.3 Å². The molecule has 2 amide bonds. The largest absolute Gasteiger partial charge is 0.460 e. The number of carbonyl (C=O) groups is 3. The van der Waals surface area contributed by atoms with Gasteiger partial charge in [0.1, 0.15) is 17.5 Å². The first-order chi connectivity index (χ1) is 15.8. The Labute approximate surface area is 200 Å². The van der Waals surface area contributed by atoms with E-state index in [9.17, 15) is 14.4 Å². The lowest BCUT2D eigenvalue weighted by Crippen LogP contribution is -2.46. The number of fused-ring (bicyclic) bond motifs is 1. The minimum Gasteiger partial charge on any atom is -0.460 e. The molecule has 2 heterocycles. The lowest BCUT2D eigenvalue weighted by Gasteiger charge is -2.30. The summed E-state index contributed by atoms with van der Waals surface area (Å²) < 4.78 is 5.34. The highest BCUT2D eigenvalue weighted by Crippen LogP contribution is 2.38. The summed E-state index contributed by atoms with van der Waals surface area (Å²) in [6.45, 7) is 11.2. The molecule has 1 aromatic heterocycles. The number of ether oxygens (including phenoxy) is 1. The van der Waals surface area contributed by atoms with Gasteiger partial charge in [-0.25, -0.2) is 4.98 Å². The third kappa shape index (κ3) is 5.05. The average Bonchev–Trinajstić information content (AvgIpc) is 2.99. The van der Waals surface area contributed by atoms with Gasteiger partial charge in [-0.2, -0.15) is 0 Å². The molecule has 1 aromatic carbocycles. The van der Waals surface area contributed by atoms with Gasteiger partial charge in [-0.15, -0.1) is 0 Å². The van der Waals surface area contributed by atoms with E-state index < -0.39 is 23.5 Å². The topological polar surface area (TPSA) is 115 Å². The Bertz CT molecular complexity index is 1140. The second-order valence-corrected chi connectivity index (χ2v) is 9.78. The monoisotopic (exact) mass is 466 g/mol. The number of aromatic nitrogens is 1. The third-order valence-corrected chi connectivity index (χ3v) is 6.15. The number of amides is 2. The number of primary amides is 1. The normalized spacial score (nSPS) is 16.3. The smallest absolute Gasteiger partial charge is 0.306 e. The van der Waals surface area contributed by atoms with E-state index in [0.29, 0.717) is 5.56 Å². The van der Waals surface area contributed by atoms with Crippen LogP contribution in [-0.4, -0.2) is 46.4 Å². The minimum absolute atomic E-state index is 0.0116. The molecule has 182 valence electrons. The molecule has 0 saturated heterocycles. The highest BCUT2D eigenvalue weighted by molar-refractivity contribution is 6.02. The summed E-state index contributed by atoms with van der Waals surface area (Å²) >= 11 is 0. The molecule has 3 N–H and O–H groups in total. The maximum Gasteiger partial charge on any atom is 0.306 e. The zero-order valence-corrected chi connectivity index (χ0v) is 21.0. The van der Waals surface area contributed by atoms with Crippen molar-refractivity contribution in [2.24, 2.45) is 5.73 Å². The van der Waals surface area contributed by atoms with Crippen LogP contribution in [0.1, 0.15) is 73.6 Å². The van der Waals surface area contributed by atoms with Crippen molar-refractivity contribution in [1.29, 1.82) is 0 Å². The molecule has 8 heteroatoms. The number of benzene rings is 1. The summed E-state index contributed by atoms with van der Waals surface area (Å²) in [7, 11) is 1.83. The van der Waals surface area contributed by atoms with Gasteiger partial charge in [0.25, 0.3) is 5.91 Å². The van der Waals surface area contributed by atoms with Crippen molar-refractivity contribution in [3.05, 3.63) is 46.5 Å². The molecular weight excluding hydrogens is 432 g/mol. The highest BCUT2D eigenvalue weighted by atomic mass is 16.6. The predicted octanol–water partition coefficient (Wildman–Crippen LogP) is 3.90. The van der Waals surface area contributed by atoms with E-state index in [-0.39, 0.29) is 24.8 Å². The number of nitrogens with one attached hydrogen (secondary N) is 1. The van der Waals surface area contributed by atoms with Gasteiger partial charge in [-0.05, 0) is 82.9 Å². The van der Waals surface area contributed by atoms with Gasteiger partial charge in [0, 0.05) is 24.6 Å². The number of esters is 1. The van der Waals surface area contributed by atoms with Crippen LogP contribution in [0.3, 0.4) is 0 Å². The lowest BCUT2D eigenvalue weighted by molar-refractivity contribution is -0.155. The first kappa shape index (κ1) is 25.2. The van der Waals surface area contributed by atoms with Gasteiger partial charge < -0.3 is 20.7 Å². The first-order valence-electron chi connectivity index (χ1n) is 11.5. The molecule has 0 spiro atoms. The van der Waals surface area contributed by atoms with Gasteiger partial charge in [-0.1, -0.05) is 6.07 Å². The molecule has 0 aliphatic carbocycles. The number of carbonyl (C=O) groups excluding carboxylic acids is 3. The lowest BCUT2D eigenvalue weighted by atomic mass is 9.99. The summed E-state index contributed by atoms with van der Waals surface area (Å²) in [5, 5.41) is 3.12. The Balaban J connectivity index is 1.89. The van der Waals surface area contributed by atoms with Crippen LogP contribution in [0.15, 0.2) is 24.3 Å². The van der Waals surface area contributed by atoms with E-state index in [0.717, 1.165) is 33.8 Å². The maximum absolute atomic E-state index is 13.2. The number of hydrogen-bond donors (Lipinski definition) is 2. The van der Waals surface area contributed by atoms with Crippen molar-refractivity contribution >= 4 is 23.6 Å². The van der Waals surface area contributed by atoms with Crippen molar-refractivity contribution in [1.82, 2.24) is 9.88 Å². The second kappa shape index (κ2) is 9.44. The van der Waals surface area contributed by atoms with Crippen LogP contribution in [0.2, 0.25) is 0 Å². The number of pyridine rings is 1. The zero-order valence-electron chi connectivity index (χ0n) is 21.0. The van der Waals surface area contributed by atoms with Gasteiger partial charge in [0.15, 0.2) is 0 Å². The van der Waals surface area contributed by atoms with E-state index in [4.69, 9.17) is 15.5 Å². The van der Waals surface area contributed by atoms with E-state index in [1.165, 1.54) is 4.90 Å². The molecule has 1 aliphatic heterocycles. The van der Waals surface area contributed by atoms with Crippen molar-refractivity contribution < 1.29 is 19.1 Å². The fourth-order valence-electron chi connectivity index (χ4n) is 4.33. The quantitative estimate of drug-likeness (QED) is 0.598. The summed E-state index contributed by atoms with van der Waals surface area (Å²) in [4.78, 5) is 44.0. The Morgan fingerprint density at radius 1 is 1.24 bits per heavy atom. The van der Waals surface area contributed by atoms with E-state index in [1.54, 1.807) is 26.8 Å². The molecule has 2 aromatic rings. The van der Waals surface area contributed by atoms with Gasteiger partial charge >= 0.3 is 5.97 Å². The fraction of sp³-hybridized carbons (Fsp3) is 0.462. The molecule has 2 atom stereocenters. The van der Waals surface area contributed by atoms with E-state index in [2.05, 4.69) is 5.32 Å². The molecule has 8 nitrogen and oxygen atoms in total. The van der Waals surface area contributed by atoms with Crippen LogP contribution in [0.25, 0.3) is 11.3 Å². The fourth-order valence-corrected chi connectivity index (χ4v) is 4.33. The Morgan fingerprint density at radius 2 is 1.91 bits per heavy atom. The van der Waals surface area contributed by atoms with Crippen LogP contribution in [0, 0.1) is 13.8 Å². The zero-order chi connectivity index (χ0) is 25.4. The summed E-state index contributed by atoms with van der Waals surface area (Å²) in [6.07, 6.45) is 0.0910. The number of hydrogen-bond acceptors (Lipinski definition) is 6. The van der Waals surface area contributed by atoms with E-state index >= 15 is 0 Å². The molecule has 0 radical (unpaired) electrons. The molecular formula is C26H34N4O4. The number of nitrogens with zero attached hydrogens (tertiary/aromatic N) is 2. The minimum atomic E-state index is -0.915. The Hall–Kier alpha value is -3.42. The molecule has 0 bridgehead atoms. The van der Waals surface area contributed by atoms with Crippen molar-refractivity contribution in [2.75, 3.05) is 12.4 Å². The summed E-state index contributed by atoms with van der Waals surface area (Å²) in [6, 6.07) is 6.30. The third-order valence-electron chi connectivity index (χ3n) is 6.15. The molecule has 0 fully saturated rings. The average molecular weight is 467 g/mol. The number of rotatable bonds is 7. The van der Waals surface area contributed by atoms with Crippen molar-refractivity contribution in [2.45, 2.75) is 72.1 Å².